The third-order valence-electron chi connectivity index (χ3n) is 6.82. The normalized spacial score (nSPS) is 24.5. The van der Waals surface area contributed by atoms with Gasteiger partial charge in [-0.25, -0.2) is 9.59 Å². The van der Waals surface area contributed by atoms with Gasteiger partial charge in [0, 0.05) is 25.0 Å². The Balaban J connectivity index is 1.88. The van der Waals surface area contributed by atoms with Crippen molar-refractivity contribution in [3.05, 3.63) is 46.5 Å². The maximum Gasteiger partial charge on any atom is 0.342 e. The van der Waals surface area contributed by atoms with Crippen molar-refractivity contribution in [2.24, 2.45) is 0 Å². The summed E-state index contributed by atoms with van der Waals surface area (Å²) in [5, 5.41) is 51.1. The lowest BCUT2D eigenvalue weighted by atomic mass is 10.00. The zero-order valence-electron chi connectivity index (χ0n) is 26.3. The molecule has 256 valence electrons. The van der Waals surface area contributed by atoms with Crippen molar-refractivity contribution in [2.45, 2.75) is 90.3 Å². The molecule has 0 fully saturated rings. The molecule has 0 aromatic heterocycles. The fourth-order valence-electron chi connectivity index (χ4n) is 4.91. The molecule has 5 N–H and O–H groups in total. The van der Waals surface area contributed by atoms with Crippen LogP contribution in [0.25, 0.3) is 0 Å². The molecule has 2 aromatic rings. The third-order valence-corrected chi connectivity index (χ3v) is 6.82. The van der Waals surface area contributed by atoms with Crippen LogP contribution in [0, 0.1) is 0 Å². The van der Waals surface area contributed by atoms with E-state index in [1.54, 1.807) is 0 Å². The molecule has 0 unspecified atom stereocenters. The van der Waals surface area contributed by atoms with E-state index >= 15 is 0 Å². The molecule has 15 nitrogen and oxygen atoms in total. The Morgan fingerprint density at radius 1 is 0.532 bits per heavy atom. The average molecular weight is 663 g/mol. The van der Waals surface area contributed by atoms with Crippen molar-refractivity contribution < 1.29 is 73.2 Å². The molecule has 15 heteroatoms. The summed E-state index contributed by atoms with van der Waals surface area (Å²) in [6.07, 6.45) is -7.17. The first-order chi connectivity index (χ1) is 22.0. The molecule has 0 saturated heterocycles. The Morgan fingerprint density at radius 3 is 1.36 bits per heavy atom. The van der Waals surface area contributed by atoms with Crippen molar-refractivity contribution in [3.8, 4) is 23.0 Å². The van der Waals surface area contributed by atoms with Crippen LogP contribution in [0.5, 0.6) is 23.0 Å². The lowest BCUT2D eigenvalue weighted by molar-refractivity contribution is -0.156. The summed E-state index contributed by atoms with van der Waals surface area (Å²) >= 11 is 0. The fraction of sp³-hybridized carbons (Fsp3) is 0.469. The molecule has 1 aliphatic heterocycles. The van der Waals surface area contributed by atoms with E-state index in [1.165, 1.54) is 39.8 Å². The number of phenolic OH excluding ortho intramolecular Hbond substituents is 4. The first kappa shape index (κ1) is 36.4. The highest BCUT2D eigenvalue weighted by molar-refractivity contribution is 5.95. The number of esters is 5. The van der Waals surface area contributed by atoms with E-state index in [0.29, 0.717) is 0 Å². The number of carbonyl (C=O) groups is 5. The van der Waals surface area contributed by atoms with E-state index in [4.69, 9.17) is 23.7 Å². The molecular weight excluding hydrogens is 624 g/mol. The number of cyclic esters (lactones) is 5. The van der Waals surface area contributed by atoms with Crippen LogP contribution in [0.3, 0.4) is 0 Å². The van der Waals surface area contributed by atoms with Crippen LogP contribution < -0.4 is 0 Å². The van der Waals surface area contributed by atoms with Gasteiger partial charge >= 0.3 is 29.8 Å². The standard InChI is InChI=1S/C32H38O15/c1-15-5-19-9-21(33)11-24(36)29(19)31(41)46-17(3)7-26(38)43-14-23(35)13-28(40)45-16(2)6-20-10-22(34)12-25(37)30(20)32(42)47-18(4)8-27(39)44-15/h9-12,15-18,23,33-37H,5-8,13-14H2,1-4H3/t15-,16+,17+,18-,23+/m1/s1. The van der Waals surface area contributed by atoms with Crippen molar-refractivity contribution in [1.82, 2.24) is 0 Å². The number of hydrogen-bond donors (Lipinski definition) is 5. The van der Waals surface area contributed by atoms with Crippen LogP contribution >= 0.6 is 0 Å². The van der Waals surface area contributed by atoms with Gasteiger partial charge < -0.3 is 49.2 Å². The zero-order valence-corrected chi connectivity index (χ0v) is 26.3. The highest BCUT2D eigenvalue weighted by atomic mass is 16.6. The minimum Gasteiger partial charge on any atom is -0.508 e. The largest absolute Gasteiger partial charge is 0.508 e. The lowest BCUT2D eigenvalue weighted by Crippen LogP contribution is -2.27. The second-order valence-electron chi connectivity index (χ2n) is 11.4. The van der Waals surface area contributed by atoms with Gasteiger partial charge in [-0.2, -0.15) is 0 Å². The molecule has 1 aliphatic rings. The Hall–Kier alpha value is -5.05. The van der Waals surface area contributed by atoms with Crippen molar-refractivity contribution in [1.29, 1.82) is 0 Å². The summed E-state index contributed by atoms with van der Waals surface area (Å²) in [6.45, 7) is 5.15. The quantitative estimate of drug-likeness (QED) is 0.201. The molecule has 0 aliphatic carbocycles. The van der Waals surface area contributed by atoms with Gasteiger partial charge in [-0.15, -0.1) is 0 Å². The van der Waals surface area contributed by atoms with Gasteiger partial charge in [0.05, 0.1) is 25.4 Å². The second kappa shape index (κ2) is 16.0. The van der Waals surface area contributed by atoms with E-state index in [2.05, 4.69) is 0 Å². The summed E-state index contributed by atoms with van der Waals surface area (Å²) in [7, 11) is 0. The number of aliphatic hydroxyl groups excluding tert-OH is 1. The highest BCUT2D eigenvalue weighted by Crippen LogP contribution is 2.31. The number of benzene rings is 2. The van der Waals surface area contributed by atoms with Crippen molar-refractivity contribution in [3.63, 3.8) is 0 Å². The number of aromatic hydroxyl groups is 4. The van der Waals surface area contributed by atoms with Gasteiger partial charge in [-0.1, -0.05) is 0 Å². The molecule has 0 saturated carbocycles. The maximum atomic E-state index is 13.1. The lowest BCUT2D eigenvalue weighted by Gasteiger charge is -2.20. The predicted molar refractivity (Wildman–Crippen MR) is 159 cm³/mol. The summed E-state index contributed by atoms with van der Waals surface area (Å²) in [6, 6.07) is 4.17. The number of aliphatic hydroxyl groups is 1. The average Bonchev–Trinajstić information content (AvgIpc) is 2.89. The number of rotatable bonds is 0. The first-order valence-electron chi connectivity index (χ1n) is 14.8. The molecule has 5 atom stereocenters. The Bertz CT molecular complexity index is 1500. The van der Waals surface area contributed by atoms with Gasteiger partial charge in [0.1, 0.15) is 65.1 Å². The van der Waals surface area contributed by atoms with Crippen LogP contribution in [0.15, 0.2) is 24.3 Å². The third kappa shape index (κ3) is 10.8. The molecule has 47 heavy (non-hydrogen) atoms. The van der Waals surface area contributed by atoms with Crippen LogP contribution in [-0.4, -0.2) is 92.5 Å². The van der Waals surface area contributed by atoms with Crippen LogP contribution in [0.1, 0.15) is 78.8 Å². The number of phenols is 4. The van der Waals surface area contributed by atoms with Crippen LogP contribution in [-0.2, 0) is 50.9 Å². The molecule has 2 aromatic carbocycles. The minimum absolute atomic E-state index is 0.0622. The molecule has 0 bridgehead atoms. The molecule has 0 spiro atoms. The van der Waals surface area contributed by atoms with E-state index in [0.717, 1.165) is 12.1 Å². The Labute approximate surface area is 269 Å². The SMILES string of the molecule is C[C@@H]1Cc2cc(O)cc(O)c2C(=O)O[C@@H](C)CC(=O)OC[C@@H](O)CC(=O)O[C@@H](C)Cc2cc(O)cc(O)c2C(=O)O[C@H](C)CC(=O)O1. The maximum absolute atomic E-state index is 13.1. The summed E-state index contributed by atoms with van der Waals surface area (Å²) < 4.78 is 26.3. The molecule has 3 rings (SSSR count). The monoisotopic (exact) mass is 662 g/mol. The minimum atomic E-state index is -1.45. The first-order valence-corrected chi connectivity index (χ1v) is 14.8. The Morgan fingerprint density at radius 2 is 0.915 bits per heavy atom. The van der Waals surface area contributed by atoms with Gasteiger partial charge in [-0.3, -0.25) is 14.4 Å². The van der Waals surface area contributed by atoms with Gasteiger partial charge in [0.2, 0.25) is 0 Å². The molecular formula is C32H38O15. The second-order valence-corrected chi connectivity index (χ2v) is 11.4. The van der Waals surface area contributed by atoms with Gasteiger partial charge in [-0.05, 0) is 51.0 Å². The molecule has 0 amide bonds. The van der Waals surface area contributed by atoms with E-state index in [1.807, 2.05) is 0 Å². The van der Waals surface area contributed by atoms with Crippen LogP contribution in [0.2, 0.25) is 0 Å². The smallest absolute Gasteiger partial charge is 0.342 e. The number of hydrogen-bond acceptors (Lipinski definition) is 15. The van der Waals surface area contributed by atoms with Crippen LogP contribution in [0.4, 0.5) is 0 Å². The Kier molecular flexibility index (Phi) is 12.4. The van der Waals surface area contributed by atoms with E-state index in [9.17, 15) is 49.5 Å². The summed E-state index contributed by atoms with van der Waals surface area (Å²) in [4.78, 5) is 63.5. The van der Waals surface area contributed by atoms with Crippen molar-refractivity contribution in [2.75, 3.05) is 6.61 Å². The van der Waals surface area contributed by atoms with Gasteiger partial charge in [0.25, 0.3) is 0 Å². The molecule has 0 radical (unpaired) electrons. The topological polar surface area (TPSA) is 233 Å². The number of fused-ring (bicyclic) bond motifs is 2. The number of carbonyl (C=O) groups excluding carboxylic acids is 5. The van der Waals surface area contributed by atoms with E-state index in [-0.39, 0.29) is 46.6 Å². The fourth-order valence-corrected chi connectivity index (χ4v) is 4.91. The number of ether oxygens (including phenoxy) is 5. The zero-order chi connectivity index (χ0) is 35.0. The van der Waals surface area contributed by atoms with Gasteiger partial charge in [0.15, 0.2) is 0 Å². The summed E-state index contributed by atoms with van der Waals surface area (Å²) in [5.41, 5.74) is -0.556. The van der Waals surface area contributed by atoms with E-state index < -0.39 is 97.7 Å². The predicted octanol–water partition coefficient (Wildman–Crippen LogP) is 2.34. The van der Waals surface area contributed by atoms with Crippen molar-refractivity contribution >= 4 is 29.8 Å². The summed E-state index contributed by atoms with van der Waals surface area (Å²) in [5.74, 6) is -6.67. The highest BCUT2D eigenvalue weighted by Gasteiger charge is 2.28. The molecule has 1 heterocycles.